The van der Waals surface area contributed by atoms with Crippen LogP contribution >= 0.6 is 0 Å². The number of rotatable bonds is 7. The molecule has 4 rings (SSSR count). The minimum atomic E-state index is 0.112. The molecule has 166 valence electrons. The SMILES string of the molecule is COc1ccc(N2CCN(C(=O)C[NH2+][C@H](c3ccccc3)c3ccc(C)cc3)CC2)cc1. The van der Waals surface area contributed by atoms with E-state index in [1.807, 2.05) is 23.1 Å². The van der Waals surface area contributed by atoms with E-state index in [9.17, 15) is 4.79 Å². The Balaban J connectivity index is 1.36. The van der Waals surface area contributed by atoms with E-state index in [1.54, 1.807) is 7.11 Å². The number of carbonyl (C=O) groups is 1. The van der Waals surface area contributed by atoms with Crippen molar-refractivity contribution in [3.05, 3.63) is 95.6 Å². The van der Waals surface area contributed by atoms with Crippen LogP contribution in [0.25, 0.3) is 0 Å². The first kappa shape index (κ1) is 21.9. The molecule has 0 unspecified atom stereocenters. The highest BCUT2D eigenvalue weighted by molar-refractivity contribution is 5.77. The first-order valence-electron chi connectivity index (χ1n) is 11.3. The van der Waals surface area contributed by atoms with Crippen molar-refractivity contribution in [1.29, 1.82) is 0 Å². The summed E-state index contributed by atoms with van der Waals surface area (Å²) in [4.78, 5) is 17.3. The summed E-state index contributed by atoms with van der Waals surface area (Å²) in [6.07, 6.45) is 0. The molecule has 0 saturated carbocycles. The van der Waals surface area contributed by atoms with E-state index in [2.05, 4.69) is 77.8 Å². The van der Waals surface area contributed by atoms with Gasteiger partial charge in [-0.2, -0.15) is 0 Å². The average molecular weight is 431 g/mol. The van der Waals surface area contributed by atoms with E-state index < -0.39 is 0 Å². The van der Waals surface area contributed by atoms with Gasteiger partial charge in [-0.05, 0) is 31.2 Å². The second-order valence-electron chi connectivity index (χ2n) is 8.30. The maximum Gasteiger partial charge on any atom is 0.277 e. The number of hydrogen-bond acceptors (Lipinski definition) is 3. The van der Waals surface area contributed by atoms with Gasteiger partial charge in [0.05, 0.1) is 7.11 Å². The van der Waals surface area contributed by atoms with Crippen molar-refractivity contribution in [2.45, 2.75) is 13.0 Å². The van der Waals surface area contributed by atoms with Crippen LogP contribution in [0, 0.1) is 6.92 Å². The lowest BCUT2D eigenvalue weighted by atomic mass is 9.98. The minimum Gasteiger partial charge on any atom is -0.497 e. The number of aryl methyl sites for hydroxylation is 1. The summed E-state index contributed by atoms with van der Waals surface area (Å²) in [6.45, 7) is 5.73. The fourth-order valence-electron chi connectivity index (χ4n) is 4.25. The lowest BCUT2D eigenvalue weighted by Gasteiger charge is -2.36. The third-order valence-electron chi connectivity index (χ3n) is 6.19. The molecule has 2 N–H and O–H groups in total. The van der Waals surface area contributed by atoms with Crippen molar-refractivity contribution in [2.24, 2.45) is 0 Å². The third-order valence-corrected chi connectivity index (χ3v) is 6.19. The fraction of sp³-hybridized carbons (Fsp3) is 0.296. The van der Waals surface area contributed by atoms with Crippen LogP contribution in [0.1, 0.15) is 22.7 Å². The second-order valence-corrected chi connectivity index (χ2v) is 8.30. The zero-order valence-electron chi connectivity index (χ0n) is 18.9. The molecule has 1 atom stereocenters. The summed E-state index contributed by atoms with van der Waals surface area (Å²) in [5, 5.41) is 2.16. The van der Waals surface area contributed by atoms with E-state index >= 15 is 0 Å². The first-order valence-corrected chi connectivity index (χ1v) is 11.3. The molecule has 0 aromatic heterocycles. The van der Waals surface area contributed by atoms with Crippen LogP contribution in [0.4, 0.5) is 5.69 Å². The van der Waals surface area contributed by atoms with Crippen LogP contribution in [0.5, 0.6) is 5.75 Å². The van der Waals surface area contributed by atoms with Crippen LogP contribution in [0.2, 0.25) is 0 Å². The Labute approximate surface area is 190 Å². The van der Waals surface area contributed by atoms with Crippen LogP contribution in [0.15, 0.2) is 78.9 Å². The predicted molar refractivity (Wildman–Crippen MR) is 128 cm³/mol. The summed E-state index contributed by atoms with van der Waals surface area (Å²) in [5.74, 6) is 1.06. The van der Waals surface area contributed by atoms with Gasteiger partial charge in [0.1, 0.15) is 11.8 Å². The minimum absolute atomic E-state index is 0.112. The standard InChI is InChI=1S/C27H31N3O2/c1-21-8-10-23(11-9-21)27(22-6-4-3-5-7-22)28-20-26(31)30-18-16-29(17-19-30)24-12-14-25(32-2)15-13-24/h3-15,27-28H,16-20H2,1-2H3/p+1/t27-/m1/s1. The highest BCUT2D eigenvalue weighted by Crippen LogP contribution is 2.21. The van der Waals surface area contributed by atoms with Crippen molar-refractivity contribution in [3.63, 3.8) is 0 Å². The monoisotopic (exact) mass is 430 g/mol. The zero-order valence-corrected chi connectivity index (χ0v) is 18.9. The molecule has 1 saturated heterocycles. The third kappa shape index (κ3) is 5.29. The van der Waals surface area contributed by atoms with E-state index in [1.165, 1.54) is 22.4 Å². The van der Waals surface area contributed by atoms with Gasteiger partial charge in [-0.15, -0.1) is 0 Å². The molecule has 0 bridgehead atoms. The van der Waals surface area contributed by atoms with Crippen LogP contribution in [-0.2, 0) is 4.79 Å². The fourth-order valence-corrected chi connectivity index (χ4v) is 4.25. The van der Waals surface area contributed by atoms with Gasteiger partial charge in [0.15, 0.2) is 6.54 Å². The Morgan fingerprint density at radius 2 is 1.50 bits per heavy atom. The van der Waals surface area contributed by atoms with Gasteiger partial charge < -0.3 is 19.9 Å². The quantitative estimate of drug-likeness (QED) is 0.627. The van der Waals surface area contributed by atoms with Gasteiger partial charge in [-0.25, -0.2) is 0 Å². The molecule has 0 aliphatic carbocycles. The molecule has 3 aromatic rings. The maximum absolute atomic E-state index is 13.0. The topological polar surface area (TPSA) is 49.4 Å². The van der Waals surface area contributed by atoms with E-state index in [4.69, 9.17) is 4.74 Å². The molecule has 1 fully saturated rings. The predicted octanol–water partition coefficient (Wildman–Crippen LogP) is 3.01. The average Bonchev–Trinajstić information content (AvgIpc) is 2.86. The smallest absolute Gasteiger partial charge is 0.277 e. The van der Waals surface area contributed by atoms with Gasteiger partial charge in [0, 0.05) is 43.0 Å². The molecule has 1 amide bonds. The van der Waals surface area contributed by atoms with E-state index in [0.717, 1.165) is 31.9 Å². The van der Waals surface area contributed by atoms with Gasteiger partial charge in [0.2, 0.25) is 0 Å². The number of nitrogens with zero attached hydrogens (tertiary/aromatic N) is 2. The lowest BCUT2D eigenvalue weighted by molar-refractivity contribution is -0.677. The summed E-state index contributed by atoms with van der Waals surface area (Å²) < 4.78 is 5.25. The van der Waals surface area contributed by atoms with Gasteiger partial charge >= 0.3 is 0 Å². The van der Waals surface area contributed by atoms with Crippen LogP contribution < -0.4 is 15.0 Å². The molecule has 32 heavy (non-hydrogen) atoms. The second kappa shape index (κ2) is 10.3. The van der Waals surface area contributed by atoms with Crippen molar-refractivity contribution >= 4 is 11.6 Å². The number of piperazine rings is 1. The summed E-state index contributed by atoms with van der Waals surface area (Å²) >= 11 is 0. The number of quaternary nitrogens is 1. The highest BCUT2D eigenvalue weighted by atomic mass is 16.5. The van der Waals surface area contributed by atoms with Crippen LogP contribution in [0.3, 0.4) is 0 Å². The number of amides is 1. The summed E-state index contributed by atoms with van der Waals surface area (Å²) in [6, 6.07) is 27.3. The molecule has 5 heteroatoms. The Morgan fingerprint density at radius 1 is 0.875 bits per heavy atom. The van der Waals surface area contributed by atoms with Crippen molar-refractivity contribution in [3.8, 4) is 5.75 Å². The molecule has 5 nitrogen and oxygen atoms in total. The maximum atomic E-state index is 13.0. The van der Waals surface area contributed by atoms with Gasteiger partial charge in [-0.3, -0.25) is 4.79 Å². The zero-order chi connectivity index (χ0) is 22.3. The number of methoxy groups -OCH3 is 1. The van der Waals surface area contributed by atoms with Crippen molar-refractivity contribution in [1.82, 2.24) is 4.90 Å². The first-order chi connectivity index (χ1) is 15.6. The number of benzene rings is 3. The number of anilines is 1. The number of nitrogens with two attached hydrogens (primary N) is 1. The summed E-state index contributed by atoms with van der Waals surface area (Å²) in [5.41, 5.74) is 4.85. The molecule has 1 aliphatic heterocycles. The largest absolute Gasteiger partial charge is 0.497 e. The molecular formula is C27H32N3O2+. The number of ether oxygens (including phenoxy) is 1. The molecule has 1 heterocycles. The number of hydrogen-bond donors (Lipinski definition) is 1. The van der Waals surface area contributed by atoms with Crippen molar-refractivity contribution in [2.75, 3.05) is 44.7 Å². The highest BCUT2D eigenvalue weighted by Gasteiger charge is 2.25. The van der Waals surface area contributed by atoms with E-state index in [0.29, 0.717) is 6.54 Å². The molecule has 3 aromatic carbocycles. The number of carbonyl (C=O) groups excluding carboxylic acids is 1. The molecule has 1 aliphatic rings. The lowest BCUT2D eigenvalue weighted by Crippen LogP contribution is -2.88. The Morgan fingerprint density at radius 3 is 2.12 bits per heavy atom. The summed E-state index contributed by atoms with van der Waals surface area (Å²) in [7, 11) is 1.68. The molecule has 0 radical (unpaired) electrons. The Kier molecular flexibility index (Phi) is 7.07. The van der Waals surface area contributed by atoms with Gasteiger partial charge in [0.25, 0.3) is 5.91 Å². The van der Waals surface area contributed by atoms with Gasteiger partial charge in [-0.1, -0.05) is 60.2 Å². The van der Waals surface area contributed by atoms with Crippen LogP contribution in [-0.4, -0.2) is 50.6 Å². The molecular weight excluding hydrogens is 398 g/mol. The molecule has 0 spiro atoms. The normalized spacial score (nSPS) is 14.8. The Bertz CT molecular complexity index is 995. The Hall–Kier alpha value is -3.31. The van der Waals surface area contributed by atoms with E-state index in [-0.39, 0.29) is 11.9 Å². The van der Waals surface area contributed by atoms with Crippen molar-refractivity contribution < 1.29 is 14.8 Å².